The lowest BCUT2D eigenvalue weighted by atomic mass is 10.1. The van der Waals surface area contributed by atoms with Crippen molar-refractivity contribution in [1.29, 1.82) is 0 Å². The molecule has 19 heavy (non-hydrogen) atoms. The molecule has 3 aromatic rings. The molecule has 0 saturated carbocycles. The first-order valence-corrected chi connectivity index (χ1v) is 6.19. The van der Waals surface area contributed by atoms with Gasteiger partial charge in [0.25, 0.3) is 0 Å². The summed E-state index contributed by atoms with van der Waals surface area (Å²) in [6, 6.07) is 17.3. The maximum absolute atomic E-state index is 9.75. The van der Waals surface area contributed by atoms with Gasteiger partial charge in [0.1, 0.15) is 5.75 Å². The number of pyridine rings is 1. The summed E-state index contributed by atoms with van der Waals surface area (Å²) < 4.78 is 0. The van der Waals surface area contributed by atoms with Crippen LogP contribution in [0.1, 0.15) is 5.56 Å². The van der Waals surface area contributed by atoms with Crippen LogP contribution in [0.2, 0.25) is 0 Å². The largest absolute Gasteiger partial charge is 0.508 e. The Hall–Kier alpha value is -2.55. The normalized spacial score (nSPS) is 10.5. The highest BCUT2D eigenvalue weighted by Gasteiger charge is 2.02. The smallest absolute Gasteiger partial charge is 0.120 e. The standard InChI is InChI=1S/C16H14N2O/c19-16-9-2-1-5-12(16)11-18-15-8-3-7-14-13(15)6-4-10-17-14/h1-10,18-19H,11H2. The van der Waals surface area contributed by atoms with E-state index in [2.05, 4.69) is 10.3 Å². The van der Waals surface area contributed by atoms with E-state index in [1.807, 2.05) is 48.5 Å². The van der Waals surface area contributed by atoms with E-state index in [4.69, 9.17) is 0 Å². The summed E-state index contributed by atoms with van der Waals surface area (Å²) in [4.78, 5) is 4.33. The number of hydrogen-bond acceptors (Lipinski definition) is 3. The van der Waals surface area contributed by atoms with Gasteiger partial charge in [-0.15, -0.1) is 0 Å². The molecule has 0 unspecified atom stereocenters. The van der Waals surface area contributed by atoms with Gasteiger partial charge < -0.3 is 10.4 Å². The summed E-state index contributed by atoms with van der Waals surface area (Å²) in [6.45, 7) is 0.584. The highest BCUT2D eigenvalue weighted by atomic mass is 16.3. The number of anilines is 1. The maximum Gasteiger partial charge on any atom is 0.120 e. The third-order valence-electron chi connectivity index (χ3n) is 3.11. The molecule has 3 rings (SSSR count). The van der Waals surface area contributed by atoms with Gasteiger partial charge in [0.2, 0.25) is 0 Å². The quantitative estimate of drug-likeness (QED) is 0.747. The first-order chi connectivity index (χ1) is 9.34. The number of aromatic nitrogens is 1. The fourth-order valence-corrected chi connectivity index (χ4v) is 2.11. The first-order valence-electron chi connectivity index (χ1n) is 6.19. The number of benzene rings is 2. The Morgan fingerprint density at radius 2 is 1.84 bits per heavy atom. The second-order valence-corrected chi connectivity index (χ2v) is 4.36. The molecule has 1 heterocycles. The summed E-state index contributed by atoms with van der Waals surface area (Å²) in [7, 11) is 0. The van der Waals surface area contributed by atoms with Gasteiger partial charge in [0, 0.05) is 29.4 Å². The lowest BCUT2D eigenvalue weighted by molar-refractivity contribution is 0.469. The molecule has 0 aliphatic rings. The topological polar surface area (TPSA) is 45.1 Å². The fourth-order valence-electron chi connectivity index (χ4n) is 2.11. The van der Waals surface area contributed by atoms with Crippen LogP contribution in [0.3, 0.4) is 0 Å². The van der Waals surface area contributed by atoms with E-state index < -0.39 is 0 Å². The summed E-state index contributed by atoms with van der Waals surface area (Å²) in [5.74, 6) is 0.313. The monoisotopic (exact) mass is 250 g/mol. The Balaban J connectivity index is 1.88. The van der Waals surface area contributed by atoms with Crippen molar-refractivity contribution in [1.82, 2.24) is 4.98 Å². The number of nitrogens with zero attached hydrogens (tertiary/aromatic N) is 1. The minimum absolute atomic E-state index is 0.313. The van der Waals surface area contributed by atoms with Crippen molar-refractivity contribution >= 4 is 16.6 Å². The lowest BCUT2D eigenvalue weighted by Gasteiger charge is -2.10. The maximum atomic E-state index is 9.75. The van der Waals surface area contributed by atoms with Crippen LogP contribution in [0.15, 0.2) is 60.8 Å². The average Bonchev–Trinajstić information content (AvgIpc) is 2.46. The zero-order valence-electron chi connectivity index (χ0n) is 10.4. The summed E-state index contributed by atoms with van der Waals surface area (Å²) in [5, 5.41) is 14.2. The highest BCUT2D eigenvalue weighted by molar-refractivity contribution is 5.91. The lowest BCUT2D eigenvalue weighted by Crippen LogP contribution is -2.00. The second kappa shape index (κ2) is 4.98. The first kappa shape index (κ1) is 11.5. The second-order valence-electron chi connectivity index (χ2n) is 4.36. The number of phenolic OH excluding ortho intramolecular Hbond substituents is 1. The molecule has 3 nitrogen and oxygen atoms in total. The molecule has 3 heteroatoms. The van der Waals surface area contributed by atoms with Crippen molar-refractivity contribution < 1.29 is 5.11 Å². The van der Waals surface area contributed by atoms with Crippen LogP contribution in [0.4, 0.5) is 5.69 Å². The van der Waals surface area contributed by atoms with E-state index in [1.165, 1.54) is 0 Å². The number of aromatic hydroxyl groups is 1. The number of phenols is 1. The van der Waals surface area contributed by atoms with Crippen LogP contribution in [0, 0.1) is 0 Å². The van der Waals surface area contributed by atoms with Gasteiger partial charge in [-0.25, -0.2) is 0 Å². The molecule has 0 fully saturated rings. The van der Waals surface area contributed by atoms with Crippen molar-refractivity contribution in [3.05, 3.63) is 66.4 Å². The molecule has 0 aliphatic carbocycles. The average molecular weight is 250 g/mol. The molecule has 0 saturated heterocycles. The van der Waals surface area contributed by atoms with Crippen molar-refractivity contribution in [3.8, 4) is 5.75 Å². The predicted molar refractivity (Wildman–Crippen MR) is 77.2 cm³/mol. The van der Waals surface area contributed by atoms with E-state index in [9.17, 15) is 5.11 Å². The van der Waals surface area contributed by atoms with E-state index in [0.29, 0.717) is 12.3 Å². The minimum atomic E-state index is 0.313. The minimum Gasteiger partial charge on any atom is -0.508 e. The SMILES string of the molecule is Oc1ccccc1CNc1cccc2ncccc12. The molecule has 0 spiro atoms. The Labute approximate surface area is 111 Å². The van der Waals surface area contributed by atoms with E-state index in [-0.39, 0.29) is 0 Å². The van der Waals surface area contributed by atoms with E-state index in [0.717, 1.165) is 22.2 Å². The molecule has 0 bridgehead atoms. The molecule has 2 N–H and O–H groups in total. The van der Waals surface area contributed by atoms with Crippen LogP contribution in [0.25, 0.3) is 10.9 Å². The molecule has 2 aromatic carbocycles. The molecule has 1 aromatic heterocycles. The molecule has 0 amide bonds. The van der Waals surface area contributed by atoms with Crippen molar-refractivity contribution in [2.24, 2.45) is 0 Å². The summed E-state index contributed by atoms with van der Waals surface area (Å²) in [5.41, 5.74) is 2.86. The number of para-hydroxylation sites is 1. The number of rotatable bonds is 3. The Bertz CT molecular complexity index is 704. The van der Waals surface area contributed by atoms with Crippen LogP contribution >= 0.6 is 0 Å². The van der Waals surface area contributed by atoms with E-state index in [1.54, 1.807) is 12.3 Å². The van der Waals surface area contributed by atoms with Gasteiger partial charge in [-0.1, -0.05) is 24.3 Å². The Morgan fingerprint density at radius 1 is 0.947 bits per heavy atom. The van der Waals surface area contributed by atoms with Gasteiger partial charge in [-0.3, -0.25) is 4.98 Å². The van der Waals surface area contributed by atoms with Gasteiger partial charge in [-0.2, -0.15) is 0 Å². The third kappa shape index (κ3) is 2.36. The molecular weight excluding hydrogens is 236 g/mol. The zero-order chi connectivity index (χ0) is 13.1. The zero-order valence-corrected chi connectivity index (χ0v) is 10.4. The van der Waals surface area contributed by atoms with Gasteiger partial charge in [0.05, 0.1) is 5.52 Å². The fraction of sp³-hybridized carbons (Fsp3) is 0.0625. The number of fused-ring (bicyclic) bond motifs is 1. The Kier molecular flexibility index (Phi) is 3.02. The van der Waals surface area contributed by atoms with Gasteiger partial charge in [0.15, 0.2) is 0 Å². The van der Waals surface area contributed by atoms with Crippen LogP contribution in [-0.2, 0) is 6.54 Å². The number of nitrogens with one attached hydrogen (secondary N) is 1. The van der Waals surface area contributed by atoms with Gasteiger partial charge in [-0.05, 0) is 30.3 Å². The molecule has 94 valence electrons. The van der Waals surface area contributed by atoms with Crippen molar-refractivity contribution in [2.75, 3.05) is 5.32 Å². The van der Waals surface area contributed by atoms with Crippen molar-refractivity contribution in [2.45, 2.75) is 6.54 Å². The van der Waals surface area contributed by atoms with Crippen LogP contribution < -0.4 is 5.32 Å². The predicted octanol–water partition coefficient (Wildman–Crippen LogP) is 3.55. The number of hydrogen-bond donors (Lipinski definition) is 2. The van der Waals surface area contributed by atoms with Crippen LogP contribution in [-0.4, -0.2) is 10.1 Å². The molecule has 0 radical (unpaired) electrons. The molecule has 0 aliphatic heterocycles. The van der Waals surface area contributed by atoms with Gasteiger partial charge >= 0.3 is 0 Å². The van der Waals surface area contributed by atoms with Crippen molar-refractivity contribution in [3.63, 3.8) is 0 Å². The summed E-state index contributed by atoms with van der Waals surface area (Å²) >= 11 is 0. The van der Waals surface area contributed by atoms with E-state index >= 15 is 0 Å². The Morgan fingerprint density at radius 3 is 2.74 bits per heavy atom. The van der Waals surface area contributed by atoms with Crippen LogP contribution in [0.5, 0.6) is 5.75 Å². The third-order valence-corrected chi connectivity index (χ3v) is 3.11. The molecular formula is C16H14N2O. The molecule has 0 atom stereocenters. The summed E-state index contributed by atoms with van der Waals surface area (Å²) in [6.07, 6.45) is 1.79. The highest BCUT2D eigenvalue weighted by Crippen LogP contribution is 2.23.